The molecule has 13 nitrogen and oxygen atoms in total. The fourth-order valence-electron chi connectivity index (χ4n) is 4.87. The van der Waals surface area contributed by atoms with Crippen LogP contribution in [0, 0.1) is 0 Å². The van der Waals surface area contributed by atoms with Crippen molar-refractivity contribution in [2.45, 2.75) is 75.7 Å². The molecular weight excluding hydrogens is 546 g/mol. The van der Waals surface area contributed by atoms with Gasteiger partial charge in [-0.25, -0.2) is 23.4 Å². The van der Waals surface area contributed by atoms with Crippen LogP contribution in [0.15, 0.2) is 42.9 Å². The van der Waals surface area contributed by atoms with E-state index in [1.54, 1.807) is 30.3 Å². The fraction of sp³-hybridized carbons (Fsp3) is 0.520. The largest absolute Gasteiger partial charge is 0.461 e. The van der Waals surface area contributed by atoms with Gasteiger partial charge in [0, 0.05) is 0 Å². The summed E-state index contributed by atoms with van der Waals surface area (Å²) in [5.74, 6) is -0.306. The summed E-state index contributed by atoms with van der Waals surface area (Å²) in [7, 11) is -4.26. The number of nitrogens with two attached hydrogens (primary N) is 1. The average molecular weight is 579 g/mol. The maximum absolute atomic E-state index is 15.9. The summed E-state index contributed by atoms with van der Waals surface area (Å²) in [6.07, 6.45) is 1.58. The van der Waals surface area contributed by atoms with Crippen molar-refractivity contribution >= 4 is 25.2 Å². The van der Waals surface area contributed by atoms with Crippen LogP contribution < -0.4 is 15.3 Å². The summed E-state index contributed by atoms with van der Waals surface area (Å²) in [5.41, 5.74) is 3.93. The van der Waals surface area contributed by atoms with E-state index < -0.39 is 50.3 Å². The number of carbonyl (C=O) groups excluding carboxylic acids is 1. The summed E-state index contributed by atoms with van der Waals surface area (Å²) >= 11 is 0. The molecule has 1 aliphatic carbocycles. The third kappa shape index (κ3) is 5.81. The highest BCUT2D eigenvalue weighted by Gasteiger charge is 2.56. The lowest BCUT2D eigenvalue weighted by Gasteiger charge is -2.25. The summed E-state index contributed by atoms with van der Waals surface area (Å²) in [6.45, 7) is 2.12. The van der Waals surface area contributed by atoms with E-state index in [1.165, 1.54) is 30.9 Å². The number of nitrogens with zero attached hydrogens (tertiary/aromatic N) is 4. The maximum atomic E-state index is 15.9. The van der Waals surface area contributed by atoms with E-state index in [0.717, 1.165) is 25.7 Å². The number of aliphatic hydroxyl groups excluding tert-OH is 1. The van der Waals surface area contributed by atoms with Crippen LogP contribution >= 0.6 is 7.75 Å². The van der Waals surface area contributed by atoms with Crippen molar-refractivity contribution in [3.8, 4) is 5.75 Å². The second-order valence-corrected chi connectivity index (χ2v) is 11.8. The van der Waals surface area contributed by atoms with Crippen molar-refractivity contribution < 1.29 is 37.4 Å². The molecule has 6 atom stereocenters. The Balaban J connectivity index is 1.32. The first-order chi connectivity index (χ1) is 19.1. The number of hydrogen-bond acceptors (Lipinski definition) is 11. The van der Waals surface area contributed by atoms with Gasteiger partial charge in [0.05, 0.1) is 18.5 Å². The van der Waals surface area contributed by atoms with E-state index in [2.05, 4.69) is 20.2 Å². The minimum Gasteiger partial charge on any atom is -0.461 e. The molecule has 0 bridgehead atoms. The minimum absolute atomic E-state index is 0.0888. The standard InChI is InChI=1S/C25H32FN6O7P/c1-15(24(34)37-16-8-6-7-9-16)31-40(35,39-17-10-4-3-5-11-17)36-13-19-20(33)25(2,26)21(38-19)18-12-28-23-22(27)29-14-30-32(18)23/h3-5,10-12,14-16,19-21,33H,6-9,13H2,1-2H3,(H,31,35)(H2,27,29,30)/t15-,19+,20+,21-,25+,40?/m0/s1. The number of nitrogen functional groups attached to an aromatic ring is 1. The highest BCUT2D eigenvalue weighted by Crippen LogP contribution is 2.48. The molecule has 1 aromatic carbocycles. The normalized spacial score (nSPS) is 27.4. The zero-order chi connectivity index (χ0) is 28.5. The molecule has 15 heteroatoms. The van der Waals surface area contributed by atoms with Gasteiger partial charge in [-0.1, -0.05) is 18.2 Å². The first-order valence-electron chi connectivity index (χ1n) is 13.0. The maximum Gasteiger partial charge on any atom is 0.459 e. The quantitative estimate of drug-likeness (QED) is 0.238. The van der Waals surface area contributed by atoms with Gasteiger partial charge in [-0.05, 0) is 51.7 Å². The summed E-state index contributed by atoms with van der Waals surface area (Å²) in [5, 5.41) is 17.5. The second kappa shape index (κ2) is 11.4. The Hall–Kier alpha value is -3.16. The number of rotatable bonds is 10. The Morgan fingerprint density at radius 1 is 1.32 bits per heavy atom. The molecule has 2 aliphatic rings. The van der Waals surface area contributed by atoms with Crippen molar-refractivity contribution in [3.63, 3.8) is 0 Å². The lowest BCUT2D eigenvalue weighted by Crippen LogP contribution is -2.41. The van der Waals surface area contributed by atoms with Crippen molar-refractivity contribution in [3.05, 3.63) is 48.5 Å². The molecule has 1 saturated heterocycles. The number of fused-ring (bicyclic) bond motifs is 1. The van der Waals surface area contributed by atoms with E-state index in [9.17, 15) is 14.5 Å². The highest BCUT2D eigenvalue weighted by molar-refractivity contribution is 7.52. The first kappa shape index (κ1) is 28.4. The first-order valence-corrected chi connectivity index (χ1v) is 14.6. The van der Waals surface area contributed by atoms with E-state index in [0.29, 0.717) is 0 Å². The number of aliphatic hydroxyl groups is 1. The van der Waals surface area contributed by atoms with Crippen LogP contribution in [-0.2, 0) is 23.4 Å². The molecular formula is C25H32FN6O7P. The third-order valence-corrected chi connectivity index (χ3v) is 8.69. The van der Waals surface area contributed by atoms with Gasteiger partial charge in [0.2, 0.25) is 0 Å². The van der Waals surface area contributed by atoms with Crippen LogP contribution in [-0.4, -0.2) is 67.3 Å². The van der Waals surface area contributed by atoms with E-state index in [-0.39, 0.29) is 29.0 Å². The number of para-hydroxylation sites is 1. The lowest BCUT2D eigenvalue weighted by molar-refractivity contribution is -0.150. The predicted octanol–water partition coefficient (Wildman–Crippen LogP) is 2.90. The zero-order valence-electron chi connectivity index (χ0n) is 22.1. The molecule has 2 fully saturated rings. The van der Waals surface area contributed by atoms with Crippen LogP contribution in [0.2, 0.25) is 0 Å². The van der Waals surface area contributed by atoms with Crippen molar-refractivity contribution in [2.75, 3.05) is 12.3 Å². The number of imidazole rings is 1. The number of ether oxygens (including phenoxy) is 2. The van der Waals surface area contributed by atoms with Gasteiger partial charge in [-0.3, -0.25) is 9.32 Å². The molecule has 4 N–H and O–H groups in total. The number of benzene rings is 1. The van der Waals surface area contributed by atoms with Gasteiger partial charge in [0.25, 0.3) is 0 Å². The average Bonchev–Trinajstić information content (AvgIpc) is 3.64. The Bertz CT molecular complexity index is 1390. The number of carbonyl (C=O) groups is 1. The Morgan fingerprint density at radius 3 is 2.77 bits per heavy atom. The van der Waals surface area contributed by atoms with Gasteiger partial charge < -0.3 is 24.8 Å². The molecule has 5 rings (SSSR count). The SMILES string of the molecule is C[C@H](NP(=O)(OC[C@H]1O[C@@H](c2cnc3c(N)ncnn23)[C@](C)(F)[C@@H]1O)Oc1ccccc1)C(=O)OC1CCCC1. The molecule has 1 unspecified atom stereocenters. The number of esters is 1. The van der Waals surface area contributed by atoms with Crippen molar-refractivity contribution in [1.29, 1.82) is 0 Å². The van der Waals surface area contributed by atoms with Gasteiger partial charge in [-0.15, -0.1) is 0 Å². The smallest absolute Gasteiger partial charge is 0.459 e. The minimum atomic E-state index is -4.26. The fourth-order valence-corrected chi connectivity index (χ4v) is 6.37. The Kier molecular flexibility index (Phi) is 8.07. The molecule has 0 radical (unpaired) electrons. The van der Waals surface area contributed by atoms with Crippen LogP contribution in [0.25, 0.3) is 5.65 Å². The van der Waals surface area contributed by atoms with Crippen molar-refractivity contribution in [2.24, 2.45) is 0 Å². The number of aromatic nitrogens is 4. The molecule has 0 amide bonds. The summed E-state index contributed by atoms with van der Waals surface area (Å²) in [4.78, 5) is 20.7. The molecule has 2 aromatic heterocycles. The molecule has 1 aliphatic heterocycles. The lowest BCUT2D eigenvalue weighted by atomic mass is 9.93. The van der Waals surface area contributed by atoms with Gasteiger partial charge in [0.1, 0.15) is 42.5 Å². The van der Waals surface area contributed by atoms with Gasteiger partial charge in [-0.2, -0.15) is 10.2 Å². The number of alkyl halides is 1. The molecule has 3 aromatic rings. The van der Waals surface area contributed by atoms with Crippen LogP contribution in [0.4, 0.5) is 10.2 Å². The van der Waals surface area contributed by atoms with Crippen LogP contribution in [0.3, 0.4) is 0 Å². The molecule has 0 spiro atoms. The van der Waals surface area contributed by atoms with E-state index >= 15 is 4.39 Å². The van der Waals surface area contributed by atoms with E-state index in [4.69, 9.17) is 24.3 Å². The topological polar surface area (TPSA) is 172 Å². The van der Waals surface area contributed by atoms with Gasteiger partial charge in [0.15, 0.2) is 17.1 Å². The van der Waals surface area contributed by atoms with Crippen LogP contribution in [0.1, 0.15) is 51.3 Å². The zero-order valence-corrected chi connectivity index (χ0v) is 22.9. The number of hydrogen-bond donors (Lipinski definition) is 3. The number of nitrogens with one attached hydrogen (secondary N) is 1. The van der Waals surface area contributed by atoms with E-state index in [1.807, 2.05) is 0 Å². The van der Waals surface area contributed by atoms with Gasteiger partial charge >= 0.3 is 13.7 Å². The Labute approximate surface area is 229 Å². The number of anilines is 1. The monoisotopic (exact) mass is 578 g/mol. The van der Waals surface area contributed by atoms with Crippen molar-refractivity contribution in [1.82, 2.24) is 24.7 Å². The van der Waals surface area contributed by atoms with Crippen LogP contribution in [0.5, 0.6) is 5.75 Å². The molecule has 40 heavy (non-hydrogen) atoms. The predicted molar refractivity (Wildman–Crippen MR) is 140 cm³/mol. The third-order valence-electron chi connectivity index (χ3n) is 7.05. The number of halogens is 1. The molecule has 1 saturated carbocycles. The highest BCUT2D eigenvalue weighted by atomic mass is 31.2. The summed E-state index contributed by atoms with van der Waals surface area (Å²) in [6, 6.07) is 7.17. The Morgan fingerprint density at radius 2 is 2.05 bits per heavy atom. The molecule has 216 valence electrons. The molecule has 3 heterocycles. The summed E-state index contributed by atoms with van der Waals surface area (Å²) < 4.78 is 53.6. The second-order valence-electron chi connectivity index (χ2n) is 10.1.